The first kappa shape index (κ1) is 23.0. The number of anilines is 2. The second kappa shape index (κ2) is 9.73. The van der Waals surface area contributed by atoms with Crippen molar-refractivity contribution in [1.82, 2.24) is 0 Å². The van der Waals surface area contributed by atoms with Crippen LogP contribution in [0.3, 0.4) is 0 Å². The van der Waals surface area contributed by atoms with Gasteiger partial charge in [0.05, 0.1) is 18.0 Å². The Morgan fingerprint density at radius 2 is 1.70 bits per heavy atom. The van der Waals surface area contributed by atoms with E-state index in [1.807, 2.05) is 75.4 Å². The molecule has 0 unspecified atom stereocenters. The topological polar surface area (TPSA) is 58.6 Å². The Balaban J connectivity index is 1.78. The fourth-order valence-corrected chi connectivity index (χ4v) is 4.65. The summed E-state index contributed by atoms with van der Waals surface area (Å²) in [7, 11) is 0. The van der Waals surface area contributed by atoms with E-state index in [0.29, 0.717) is 33.7 Å². The van der Waals surface area contributed by atoms with Crippen LogP contribution in [0.1, 0.15) is 18.1 Å². The fraction of sp³-hybridized carbons (Fsp3) is 0.154. The van der Waals surface area contributed by atoms with Crippen molar-refractivity contribution in [2.75, 3.05) is 16.8 Å². The summed E-state index contributed by atoms with van der Waals surface area (Å²) < 4.78 is 5.70. The van der Waals surface area contributed by atoms with Gasteiger partial charge in [0.25, 0.3) is 11.8 Å². The summed E-state index contributed by atoms with van der Waals surface area (Å²) in [6, 6.07) is 20.2. The van der Waals surface area contributed by atoms with Crippen molar-refractivity contribution in [2.45, 2.75) is 25.7 Å². The van der Waals surface area contributed by atoms with Crippen molar-refractivity contribution in [3.63, 3.8) is 0 Å². The lowest BCUT2D eigenvalue weighted by Gasteiger charge is -2.18. The summed E-state index contributed by atoms with van der Waals surface area (Å²) in [6.45, 7) is 6.24. The van der Waals surface area contributed by atoms with Gasteiger partial charge in [-0.3, -0.25) is 9.59 Å². The summed E-state index contributed by atoms with van der Waals surface area (Å²) in [5.74, 6) is -0.174. The molecule has 0 radical (unpaired) electrons. The zero-order valence-corrected chi connectivity index (χ0v) is 20.1. The van der Waals surface area contributed by atoms with E-state index >= 15 is 0 Å². The van der Waals surface area contributed by atoms with Gasteiger partial charge in [-0.1, -0.05) is 53.2 Å². The Hall–Kier alpha value is -3.22. The number of benzene rings is 3. The normalized spacial score (nSPS) is 13.6. The van der Waals surface area contributed by atoms with Crippen molar-refractivity contribution >= 4 is 46.6 Å². The Labute approximate surface area is 202 Å². The van der Waals surface area contributed by atoms with E-state index in [-0.39, 0.29) is 11.6 Å². The molecule has 0 fully saturated rings. The number of hydrogen-bond donors (Lipinski definition) is 1. The summed E-state index contributed by atoms with van der Waals surface area (Å²) >= 11 is 7.25. The zero-order valence-electron chi connectivity index (χ0n) is 18.5. The van der Waals surface area contributed by atoms with Crippen molar-refractivity contribution in [2.24, 2.45) is 0 Å². The van der Waals surface area contributed by atoms with Crippen LogP contribution in [0.15, 0.2) is 82.2 Å². The number of ether oxygens (including phenoxy) is 1. The minimum absolute atomic E-state index is 0.215. The molecule has 0 saturated carbocycles. The van der Waals surface area contributed by atoms with Crippen LogP contribution in [0.4, 0.5) is 11.4 Å². The van der Waals surface area contributed by atoms with E-state index in [2.05, 4.69) is 5.32 Å². The van der Waals surface area contributed by atoms with Gasteiger partial charge in [0.2, 0.25) is 0 Å². The van der Waals surface area contributed by atoms with E-state index in [4.69, 9.17) is 16.3 Å². The number of carbonyl (C=O) groups is 2. The molecule has 7 heteroatoms. The van der Waals surface area contributed by atoms with Gasteiger partial charge in [-0.15, -0.1) is 0 Å². The van der Waals surface area contributed by atoms with Crippen LogP contribution < -0.4 is 15.0 Å². The molecular formula is C26H23ClN2O3S. The minimum atomic E-state index is -0.408. The molecule has 1 heterocycles. The Bertz CT molecular complexity index is 1250. The van der Waals surface area contributed by atoms with Gasteiger partial charge in [-0.25, -0.2) is 4.90 Å². The highest BCUT2D eigenvalue weighted by atomic mass is 35.5. The van der Waals surface area contributed by atoms with Crippen molar-refractivity contribution in [3.05, 3.63) is 93.5 Å². The summed E-state index contributed by atoms with van der Waals surface area (Å²) in [5, 5.41) is 3.78. The van der Waals surface area contributed by atoms with Crippen molar-refractivity contribution in [3.8, 4) is 5.75 Å². The smallest absolute Gasteiger partial charge is 0.283 e. The van der Waals surface area contributed by atoms with Gasteiger partial charge in [0.1, 0.15) is 16.4 Å². The molecule has 3 aromatic rings. The Morgan fingerprint density at radius 1 is 0.970 bits per heavy atom. The molecule has 0 aromatic heterocycles. The van der Waals surface area contributed by atoms with E-state index in [1.54, 1.807) is 12.1 Å². The number of imide groups is 1. The minimum Gasteiger partial charge on any atom is -0.492 e. The summed E-state index contributed by atoms with van der Waals surface area (Å²) in [4.78, 5) is 29.5. The molecule has 1 aliphatic rings. The highest BCUT2D eigenvalue weighted by Gasteiger charge is 2.41. The Kier molecular flexibility index (Phi) is 6.77. The summed E-state index contributed by atoms with van der Waals surface area (Å²) in [6.07, 6.45) is 0. The van der Waals surface area contributed by atoms with Crippen LogP contribution in [0.25, 0.3) is 0 Å². The lowest BCUT2D eigenvalue weighted by molar-refractivity contribution is -0.120. The first-order valence-electron chi connectivity index (χ1n) is 10.5. The van der Waals surface area contributed by atoms with Gasteiger partial charge in [0, 0.05) is 9.92 Å². The zero-order chi connectivity index (χ0) is 23.5. The number of amides is 2. The van der Waals surface area contributed by atoms with Crippen LogP contribution in [-0.4, -0.2) is 18.4 Å². The predicted octanol–water partition coefficient (Wildman–Crippen LogP) is 6.34. The molecule has 4 rings (SSSR count). The first-order chi connectivity index (χ1) is 15.9. The highest BCUT2D eigenvalue weighted by Crippen LogP contribution is 2.40. The van der Waals surface area contributed by atoms with E-state index in [0.717, 1.165) is 16.0 Å². The number of halogens is 1. The molecule has 168 valence electrons. The van der Waals surface area contributed by atoms with Crippen LogP contribution in [0.5, 0.6) is 5.75 Å². The molecule has 2 amide bonds. The molecule has 0 spiro atoms. The largest absolute Gasteiger partial charge is 0.492 e. The highest BCUT2D eigenvalue weighted by molar-refractivity contribution is 8.04. The number of hydrogen-bond acceptors (Lipinski definition) is 5. The monoisotopic (exact) mass is 478 g/mol. The first-order valence-corrected chi connectivity index (χ1v) is 11.7. The van der Waals surface area contributed by atoms with Crippen LogP contribution in [0, 0.1) is 13.8 Å². The van der Waals surface area contributed by atoms with E-state index in [1.165, 1.54) is 16.7 Å². The van der Waals surface area contributed by atoms with Crippen molar-refractivity contribution in [1.29, 1.82) is 0 Å². The number of thioether (sulfide) groups is 1. The third-order valence-corrected chi connectivity index (χ3v) is 6.46. The SMILES string of the molecule is CCOc1ccccc1NC1=C(Sc2ccc(Cl)cc2)C(=O)N(c2ccc(C)cc2C)C1=O. The maximum Gasteiger partial charge on any atom is 0.283 e. The van der Waals surface area contributed by atoms with Crippen LogP contribution in [0.2, 0.25) is 5.02 Å². The maximum atomic E-state index is 13.6. The lowest BCUT2D eigenvalue weighted by atomic mass is 10.1. The molecule has 0 atom stereocenters. The standard InChI is InChI=1S/C26H23ClN2O3S/c1-4-32-22-8-6-5-7-20(22)28-23-24(33-19-12-10-18(27)11-13-19)26(31)29(25(23)30)21-14-9-16(2)15-17(21)3/h5-15,28H,4H2,1-3H3. The summed E-state index contributed by atoms with van der Waals surface area (Å²) in [5.41, 5.74) is 3.31. The maximum absolute atomic E-state index is 13.6. The van der Waals surface area contributed by atoms with Crippen LogP contribution in [-0.2, 0) is 9.59 Å². The molecule has 1 aliphatic heterocycles. The van der Waals surface area contributed by atoms with Crippen LogP contribution >= 0.6 is 23.4 Å². The predicted molar refractivity (Wildman–Crippen MR) is 134 cm³/mol. The average Bonchev–Trinajstić information content (AvgIpc) is 3.01. The van der Waals surface area contributed by atoms with E-state index in [9.17, 15) is 9.59 Å². The molecule has 0 bridgehead atoms. The third kappa shape index (κ3) is 4.77. The number of carbonyl (C=O) groups excluding carboxylic acids is 2. The second-order valence-electron chi connectivity index (χ2n) is 7.55. The number of para-hydroxylation sites is 2. The Morgan fingerprint density at radius 3 is 2.39 bits per heavy atom. The van der Waals surface area contributed by atoms with E-state index < -0.39 is 5.91 Å². The van der Waals surface area contributed by atoms with Gasteiger partial charge >= 0.3 is 0 Å². The molecule has 33 heavy (non-hydrogen) atoms. The van der Waals surface area contributed by atoms with Gasteiger partial charge in [-0.05, 0) is 68.8 Å². The molecule has 0 aliphatic carbocycles. The van der Waals surface area contributed by atoms with Gasteiger partial charge < -0.3 is 10.1 Å². The number of rotatable bonds is 7. The third-order valence-electron chi connectivity index (χ3n) is 5.11. The fourth-order valence-electron chi connectivity index (χ4n) is 3.60. The molecule has 1 N–H and O–H groups in total. The quantitative estimate of drug-likeness (QED) is 0.401. The molecular weight excluding hydrogens is 456 g/mol. The average molecular weight is 479 g/mol. The molecule has 5 nitrogen and oxygen atoms in total. The molecule has 0 saturated heterocycles. The molecule has 3 aromatic carbocycles. The second-order valence-corrected chi connectivity index (χ2v) is 9.07. The lowest BCUT2D eigenvalue weighted by Crippen LogP contribution is -2.33. The van der Waals surface area contributed by atoms with Gasteiger partial charge in [-0.2, -0.15) is 0 Å². The van der Waals surface area contributed by atoms with Gasteiger partial charge in [0.15, 0.2) is 0 Å². The van der Waals surface area contributed by atoms with Crippen molar-refractivity contribution < 1.29 is 14.3 Å². The number of nitrogens with zero attached hydrogens (tertiary/aromatic N) is 1. The number of nitrogens with one attached hydrogen (secondary N) is 1. The number of aryl methyl sites for hydroxylation is 2.